The molecule has 0 bridgehead atoms. The molecular weight excluding hydrogens is 663 g/mol. The van der Waals surface area contributed by atoms with Crippen LogP contribution in [0.5, 0.6) is 0 Å². The van der Waals surface area contributed by atoms with Crippen molar-refractivity contribution in [3.05, 3.63) is 24.3 Å². The summed E-state index contributed by atoms with van der Waals surface area (Å²) in [7, 11) is 0. The van der Waals surface area contributed by atoms with Gasteiger partial charge in [-0.3, -0.25) is 24.3 Å². The number of unbranched alkanes of at least 4 members (excludes halogenated alkanes) is 22. The molecule has 8 heteroatoms. The molecule has 0 aromatic heterocycles. The minimum atomic E-state index is -0.109. The first-order valence-electron chi connectivity index (χ1n) is 22.5. The molecule has 1 aliphatic rings. The summed E-state index contributed by atoms with van der Waals surface area (Å²) < 4.78 is 11.1. The summed E-state index contributed by atoms with van der Waals surface area (Å²) in [5.41, 5.74) is 0. The minimum absolute atomic E-state index is 0.0948. The van der Waals surface area contributed by atoms with Gasteiger partial charge in [0.25, 0.3) is 0 Å². The molecule has 8 nitrogen and oxygen atoms in total. The predicted molar refractivity (Wildman–Crippen MR) is 223 cm³/mol. The summed E-state index contributed by atoms with van der Waals surface area (Å²) in [6.07, 6.45) is 42.7. The van der Waals surface area contributed by atoms with Gasteiger partial charge in [0.05, 0.1) is 26.6 Å². The molecule has 0 radical (unpaired) electrons. The van der Waals surface area contributed by atoms with E-state index in [-0.39, 0.29) is 18.5 Å². The van der Waals surface area contributed by atoms with E-state index in [1.807, 2.05) is 0 Å². The summed E-state index contributed by atoms with van der Waals surface area (Å²) in [4.78, 5) is 31.3. The lowest BCUT2D eigenvalue weighted by atomic mass is 10.1. The molecule has 1 aliphatic heterocycles. The van der Waals surface area contributed by atoms with Crippen molar-refractivity contribution in [3.8, 4) is 0 Å². The maximum absolute atomic E-state index is 12.3. The summed E-state index contributed by atoms with van der Waals surface area (Å²) in [6.45, 7) is 9.40. The van der Waals surface area contributed by atoms with Crippen LogP contribution in [0.3, 0.4) is 0 Å². The number of esters is 2. The fraction of sp³-hybridized carbons (Fsp3) is 0.867. The van der Waals surface area contributed by atoms with Crippen molar-refractivity contribution in [1.29, 1.82) is 0 Å². The number of β-amino-alcohol motifs (C(OH)–C–C–N with tert-alkyl or cyclic N) is 1. The van der Waals surface area contributed by atoms with Gasteiger partial charge in [-0.15, -0.1) is 0 Å². The third-order valence-electron chi connectivity index (χ3n) is 10.2. The smallest absolute Gasteiger partial charge is 0.305 e. The molecule has 1 heterocycles. The maximum atomic E-state index is 12.3. The second-order valence-corrected chi connectivity index (χ2v) is 15.4. The average Bonchev–Trinajstić information content (AvgIpc) is 3.15. The van der Waals surface area contributed by atoms with Crippen LogP contribution in [-0.4, -0.2) is 91.2 Å². The zero-order valence-corrected chi connectivity index (χ0v) is 34.9. The van der Waals surface area contributed by atoms with Crippen molar-refractivity contribution >= 4 is 11.9 Å². The van der Waals surface area contributed by atoms with Gasteiger partial charge in [0.15, 0.2) is 0 Å². The fourth-order valence-corrected chi connectivity index (χ4v) is 6.95. The van der Waals surface area contributed by atoms with Crippen LogP contribution in [-0.2, 0) is 19.1 Å². The number of hydrogen-bond acceptors (Lipinski definition) is 8. The van der Waals surface area contributed by atoms with E-state index in [2.05, 4.69) is 52.9 Å². The molecule has 310 valence electrons. The zero-order chi connectivity index (χ0) is 38.3. The molecule has 0 aromatic carbocycles. The number of aliphatic hydroxyl groups is 1. The lowest BCUT2D eigenvalue weighted by molar-refractivity contribution is -0.145. The van der Waals surface area contributed by atoms with Crippen molar-refractivity contribution in [2.45, 2.75) is 194 Å². The SMILES string of the molecule is CCCCCCCCC=CCCCCCCCC(=O)OCCN1CN(CCO)CN(CCOC(=O)CCCCCCCC=CCCCCCCCC)C1. The van der Waals surface area contributed by atoms with Crippen molar-refractivity contribution < 1.29 is 24.2 Å². The Bertz CT molecular complexity index is 816. The van der Waals surface area contributed by atoms with E-state index in [1.165, 1.54) is 141 Å². The minimum Gasteiger partial charge on any atom is -0.464 e. The normalized spacial score (nSPS) is 14.5. The van der Waals surface area contributed by atoms with Gasteiger partial charge in [-0.05, 0) is 64.2 Å². The molecule has 0 aromatic rings. The first-order chi connectivity index (χ1) is 26.1. The molecule has 53 heavy (non-hydrogen) atoms. The number of allylic oxidation sites excluding steroid dienone is 4. The van der Waals surface area contributed by atoms with E-state index in [9.17, 15) is 14.7 Å². The van der Waals surface area contributed by atoms with E-state index in [4.69, 9.17) is 9.47 Å². The highest BCUT2D eigenvalue weighted by atomic mass is 16.5. The number of carbonyl (C=O) groups excluding carboxylic acids is 2. The molecule has 1 fully saturated rings. The van der Waals surface area contributed by atoms with Crippen molar-refractivity contribution in [3.63, 3.8) is 0 Å². The van der Waals surface area contributed by atoms with Gasteiger partial charge in [0.2, 0.25) is 0 Å². The van der Waals surface area contributed by atoms with E-state index in [0.717, 1.165) is 45.7 Å². The Balaban J connectivity index is 2.04. The summed E-state index contributed by atoms with van der Waals surface area (Å²) >= 11 is 0. The molecule has 0 aliphatic carbocycles. The highest BCUT2D eigenvalue weighted by Crippen LogP contribution is 2.13. The van der Waals surface area contributed by atoms with Crippen LogP contribution in [0.2, 0.25) is 0 Å². The molecule has 0 atom stereocenters. The lowest BCUT2D eigenvalue weighted by Gasteiger charge is -2.42. The van der Waals surface area contributed by atoms with Gasteiger partial charge in [0, 0.05) is 32.5 Å². The van der Waals surface area contributed by atoms with Gasteiger partial charge in [0.1, 0.15) is 13.2 Å². The number of hydrogen-bond donors (Lipinski definition) is 1. The Morgan fingerprint density at radius 1 is 0.453 bits per heavy atom. The highest BCUT2D eigenvalue weighted by molar-refractivity contribution is 5.69. The Hall–Kier alpha value is -1.74. The second kappa shape index (κ2) is 38.5. The highest BCUT2D eigenvalue weighted by Gasteiger charge is 2.23. The van der Waals surface area contributed by atoms with Gasteiger partial charge in [-0.1, -0.05) is 141 Å². The third-order valence-corrected chi connectivity index (χ3v) is 10.2. The molecule has 0 unspecified atom stereocenters. The van der Waals surface area contributed by atoms with Crippen LogP contribution >= 0.6 is 0 Å². The fourth-order valence-electron chi connectivity index (χ4n) is 6.95. The van der Waals surface area contributed by atoms with Crippen LogP contribution in [0.4, 0.5) is 0 Å². The van der Waals surface area contributed by atoms with E-state index in [1.54, 1.807) is 0 Å². The molecule has 0 saturated carbocycles. The summed E-state index contributed by atoms with van der Waals surface area (Å²) in [5, 5.41) is 9.53. The van der Waals surface area contributed by atoms with Crippen molar-refractivity contribution in [2.24, 2.45) is 0 Å². The first kappa shape index (κ1) is 49.3. The van der Waals surface area contributed by atoms with Crippen molar-refractivity contribution in [2.75, 3.05) is 59.5 Å². The Labute approximate surface area is 327 Å². The topological polar surface area (TPSA) is 82.6 Å². The monoisotopic (exact) mass is 748 g/mol. The summed E-state index contributed by atoms with van der Waals surface area (Å²) in [6, 6.07) is 0. The number of rotatable bonds is 38. The van der Waals surface area contributed by atoms with Gasteiger partial charge >= 0.3 is 11.9 Å². The van der Waals surface area contributed by atoms with Crippen LogP contribution < -0.4 is 0 Å². The van der Waals surface area contributed by atoms with Crippen LogP contribution in [0, 0.1) is 0 Å². The molecule has 1 rings (SSSR count). The van der Waals surface area contributed by atoms with E-state index >= 15 is 0 Å². The van der Waals surface area contributed by atoms with Crippen molar-refractivity contribution in [1.82, 2.24) is 14.7 Å². The zero-order valence-electron chi connectivity index (χ0n) is 34.9. The second-order valence-electron chi connectivity index (χ2n) is 15.4. The predicted octanol–water partition coefficient (Wildman–Crippen LogP) is 10.9. The molecule has 1 saturated heterocycles. The van der Waals surface area contributed by atoms with Crippen LogP contribution in [0.1, 0.15) is 194 Å². The Kier molecular flexibility index (Phi) is 35.8. The van der Waals surface area contributed by atoms with Gasteiger partial charge < -0.3 is 14.6 Å². The van der Waals surface area contributed by atoms with Gasteiger partial charge in [-0.2, -0.15) is 0 Å². The van der Waals surface area contributed by atoms with E-state index in [0.29, 0.717) is 45.7 Å². The molecule has 0 amide bonds. The standard InChI is InChI=1S/C45H85N3O5/c1-3-5-7-9-11-13-15-17-19-21-23-25-27-29-31-33-44(50)52-39-36-47-41-46(35-38-49)42-48(43-47)37-40-53-45(51)34-32-30-28-26-24-22-20-18-16-14-12-10-8-6-4-2/h17-20,49H,3-16,21-43H2,1-2H3. The first-order valence-corrected chi connectivity index (χ1v) is 22.5. The molecule has 0 spiro atoms. The number of ether oxygens (including phenoxy) is 2. The lowest BCUT2D eigenvalue weighted by Crippen LogP contribution is -2.56. The number of nitrogens with zero attached hydrogens (tertiary/aromatic N) is 3. The van der Waals surface area contributed by atoms with Gasteiger partial charge in [-0.25, -0.2) is 0 Å². The molecular formula is C45H85N3O5. The number of aliphatic hydroxyl groups excluding tert-OH is 1. The summed E-state index contributed by atoms with van der Waals surface area (Å²) in [5.74, 6) is -0.219. The average molecular weight is 748 g/mol. The number of carbonyl (C=O) groups is 2. The van der Waals surface area contributed by atoms with Crippen LogP contribution in [0.25, 0.3) is 0 Å². The third kappa shape index (κ3) is 33.3. The van der Waals surface area contributed by atoms with E-state index < -0.39 is 0 Å². The Morgan fingerprint density at radius 3 is 1.09 bits per heavy atom. The quantitative estimate of drug-likeness (QED) is 0.0380. The van der Waals surface area contributed by atoms with Crippen LogP contribution in [0.15, 0.2) is 24.3 Å². The maximum Gasteiger partial charge on any atom is 0.305 e. The largest absolute Gasteiger partial charge is 0.464 e. The Morgan fingerprint density at radius 2 is 0.755 bits per heavy atom. The molecule has 1 N–H and O–H groups in total.